The molecule has 2 N–H and O–H groups in total. The normalized spacial score (nSPS) is 16.6. The molecule has 0 amide bonds. The maximum atomic E-state index is 12.0. The minimum Gasteiger partial charge on any atom is -0.492 e. The summed E-state index contributed by atoms with van der Waals surface area (Å²) in [4.78, 5) is 15.0. The molecule has 0 spiro atoms. The molecule has 0 unspecified atom stereocenters. The van der Waals surface area contributed by atoms with E-state index in [9.17, 15) is 4.79 Å². The van der Waals surface area contributed by atoms with Crippen LogP contribution >= 0.6 is 11.3 Å². The number of rotatable bonds is 4. The van der Waals surface area contributed by atoms with Gasteiger partial charge in [0, 0.05) is 19.5 Å². The minimum atomic E-state index is 0.101. The second kappa shape index (κ2) is 6.97. The molecule has 0 atom stereocenters. The van der Waals surface area contributed by atoms with Crippen LogP contribution in [0.15, 0.2) is 0 Å². The fourth-order valence-corrected chi connectivity index (χ4v) is 3.89. The van der Waals surface area contributed by atoms with Crippen molar-refractivity contribution >= 4 is 27.8 Å². The van der Waals surface area contributed by atoms with E-state index in [0.717, 1.165) is 18.1 Å². The first-order chi connectivity index (χ1) is 9.69. The lowest BCUT2D eigenvalue weighted by Crippen LogP contribution is -2.26. The minimum absolute atomic E-state index is 0.101. The lowest BCUT2D eigenvalue weighted by molar-refractivity contribution is 0.0992. The SMILES string of the molecule is CCC(=O)c1sc(N2CCCCCCC2)c(OC)c1N. The third-order valence-electron chi connectivity index (χ3n) is 3.80. The van der Waals surface area contributed by atoms with Crippen molar-refractivity contribution in [1.29, 1.82) is 0 Å². The highest BCUT2D eigenvalue weighted by Crippen LogP contribution is 2.45. The van der Waals surface area contributed by atoms with Gasteiger partial charge in [-0.3, -0.25) is 4.79 Å². The molecule has 1 aliphatic heterocycles. The van der Waals surface area contributed by atoms with Crippen molar-refractivity contribution in [2.45, 2.75) is 45.4 Å². The number of carbonyl (C=O) groups excluding carboxylic acids is 1. The van der Waals surface area contributed by atoms with E-state index in [1.165, 1.54) is 43.4 Å². The number of anilines is 2. The summed E-state index contributed by atoms with van der Waals surface area (Å²) in [6, 6.07) is 0. The summed E-state index contributed by atoms with van der Waals surface area (Å²) in [6.07, 6.45) is 6.75. The molecule has 5 heteroatoms. The number of hydrogen-bond donors (Lipinski definition) is 1. The molecule has 2 rings (SSSR count). The number of nitrogens with two attached hydrogens (primary N) is 1. The summed E-state index contributed by atoms with van der Waals surface area (Å²) in [7, 11) is 1.63. The highest BCUT2D eigenvalue weighted by atomic mass is 32.1. The van der Waals surface area contributed by atoms with E-state index >= 15 is 0 Å². The molecule has 2 heterocycles. The molecule has 1 aromatic rings. The van der Waals surface area contributed by atoms with Gasteiger partial charge in [0.15, 0.2) is 11.5 Å². The fraction of sp³-hybridized carbons (Fsp3) is 0.667. The summed E-state index contributed by atoms with van der Waals surface area (Å²) < 4.78 is 5.47. The van der Waals surface area contributed by atoms with Crippen LogP contribution in [0.1, 0.15) is 55.1 Å². The van der Waals surface area contributed by atoms with Gasteiger partial charge < -0.3 is 15.4 Å². The first kappa shape index (κ1) is 15.2. The number of thiophene rings is 1. The quantitative estimate of drug-likeness (QED) is 0.861. The fourth-order valence-electron chi connectivity index (χ4n) is 2.64. The average molecular weight is 296 g/mol. The van der Waals surface area contributed by atoms with Gasteiger partial charge >= 0.3 is 0 Å². The zero-order chi connectivity index (χ0) is 14.5. The predicted molar refractivity (Wildman–Crippen MR) is 85.2 cm³/mol. The summed E-state index contributed by atoms with van der Waals surface area (Å²) in [5, 5.41) is 1.03. The van der Waals surface area contributed by atoms with E-state index in [2.05, 4.69) is 4.90 Å². The van der Waals surface area contributed by atoms with E-state index in [-0.39, 0.29) is 5.78 Å². The third-order valence-corrected chi connectivity index (χ3v) is 5.09. The molecular formula is C15H24N2O2S. The van der Waals surface area contributed by atoms with Crippen LogP contribution in [0.2, 0.25) is 0 Å². The van der Waals surface area contributed by atoms with Gasteiger partial charge in [0.25, 0.3) is 0 Å². The molecule has 1 aromatic heterocycles. The van der Waals surface area contributed by atoms with Crippen LogP contribution in [0.5, 0.6) is 5.75 Å². The number of carbonyl (C=O) groups is 1. The molecule has 0 bridgehead atoms. The van der Waals surface area contributed by atoms with Gasteiger partial charge in [0.1, 0.15) is 5.00 Å². The van der Waals surface area contributed by atoms with Gasteiger partial charge in [-0.2, -0.15) is 0 Å². The van der Waals surface area contributed by atoms with Crippen LogP contribution in [0.3, 0.4) is 0 Å². The second-order valence-corrected chi connectivity index (χ2v) is 6.21. The number of methoxy groups -OCH3 is 1. The molecule has 0 aromatic carbocycles. The maximum Gasteiger partial charge on any atom is 0.177 e. The van der Waals surface area contributed by atoms with Gasteiger partial charge in [0.05, 0.1) is 17.7 Å². The molecule has 0 saturated carbocycles. The molecule has 1 saturated heterocycles. The van der Waals surface area contributed by atoms with Crippen molar-refractivity contribution in [2.75, 3.05) is 30.8 Å². The van der Waals surface area contributed by atoms with E-state index in [1.54, 1.807) is 7.11 Å². The van der Waals surface area contributed by atoms with Crippen LogP contribution in [0, 0.1) is 0 Å². The summed E-state index contributed by atoms with van der Waals surface area (Å²) in [5.41, 5.74) is 6.62. The van der Waals surface area contributed by atoms with Crippen LogP contribution in [-0.2, 0) is 0 Å². The Morgan fingerprint density at radius 2 is 1.85 bits per heavy atom. The van der Waals surface area contributed by atoms with Gasteiger partial charge in [-0.1, -0.05) is 26.2 Å². The zero-order valence-corrected chi connectivity index (χ0v) is 13.2. The van der Waals surface area contributed by atoms with E-state index in [4.69, 9.17) is 10.5 Å². The van der Waals surface area contributed by atoms with E-state index < -0.39 is 0 Å². The van der Waals surface area contributed by atoms with Crippen molar-refractivity contribution in [3.8, 4) is 5.75 Å². The van der Waals surface area contributed by atoms with Crippen molar-refractivity contribution in [3.63, 3.8) is 0 Å². The summed E-state index contributed by atoms with van der Waals surface area (Å²) >= 11 is 1.49. The van der Waals surface area contributed by atoms with Gasteiger partial charge in [0.2, 0.25) is 0 Å². The number of ketones is 1. The summed E-state index contributed by atoms with van der Waals surface area (Å²) in [6.45, 7) is 3.91. The van der Waals surface area contributed by atoms with Gasteiger partial charge in [-0.15, -0.1) is 11.3 Å². The molecule has 20 heavy (non-hydrogen) atoms. The Bertz CT molecular complexity index is 463. The van der Waals surface area contributed by atoms with Crippen LogP contribution in [-0.4, -0.2) is 26.0 Å². The third kappa shape index (κ3) is 3.08. The largest absolute Gasteiger partial charge is 0.492 e. The van der Waals surface area contributed by atoms with Crippen LogP contribution in [0.25, 0.3) is 0 Å². The number of hydrogen-bond acceptors (Lipinski definition) is 5. The molecule has 0 aliphatic carbocycles. The number of Topliss-reactive ketones (excluding diaryl/α,β-unsaturated/α-hetero) is 1. The smallest absolute Gasteiger partial charge is 0.177 e. The molecular weight excluding hydrogens is 272 g/mol. The van der Waals surface area contributed by atoms with Crippen LogP contribution < -0.4 is 15.4 Å². The summed E-state index contributed by atoms with van der Waals surface area (Å²) in [5.74, 6) is 0.788. The number of nitrogen functional groups attached to an aromatic ring is 1. The monoisotopic (exact) mass is 296 g/mol. The molecule has 1 fully saturated rings. The topological polar surface area (TPSA) is 55.6 Å². The predicted octanol–water partition coefficient (Wildman–Crippen LogP) is 3.70. The van der Waals surface area contributed by atoms with Crippen molar-refractivity contribution in [3.05, 3.63) is 4.88 Å². The van der Waals surface area contributed by atoms with Gasteiger partial charge in [-0.25, -0.2) is 0 Å². The first-order valence-corrected chi connectivity index (χ1v) is 8.25. The Hall–Kier alpha value is -1.23. The average Bonchev–Trinajstić information content (AvgIpc) is 2.74. The Kier molecular flexibility index (Phi) is 5.29. The second-order valence-electron chi connectivity index (χ2n) is 5.21. The Morgan fingerprint density at radius 1 is 1.25 bits per heavy atom. The van der Waals surface area contributed by atoms with Crippen LogP contribution in [0.4, 0.5) is 10.7 Å². The highest BCUT2D eigenvalue weighted by molar-refractivity contribution is 7.19. The lowest BCUT2D eigenvalue weighted by Gasteiger charge is -2.26. The van der Waals surface area contributed by atoms with Gasteiger partial charge in [-0.05, 0) is 12.8 Å². The molecule has 1 aliphatic rings. The Balaban J connectivity index is 2.31. The van der Waals surface area contributed by atoms with E-state index in [1.807, 2.05) is 6.92 Å². The molecule has 0 radical (unpaired) electrons. The van der Waals surface area contributed by atoms with Crippen molar-refractivity contribution < 1.29 is 9.53 Å². The maximum absolute atomic E-state index is 12.0. The number of ether oxygens (including phenoxy) is 1. The standard InChI is InChI=1S/C15H24N2O2S/c1-3-11(18)14-12(16)13(19-2)15(20-14)17-9-7-5-4-6-8-10-17/h3-10,16H2,1-2H3. The first-order valence-electron chi connectivity index (χ1n) is 7.43. The highest BCUT2D eigenvalue weighted by Gasteiger charge is 2.24. The zero-order valence-electron chi connectivity index (χ0n) is 12.4. The van der Waals surface area contributed by atoms with E-state index in [0.29, 0.717) is 22.7 Å². The lowest BCUT2D eigenvalue weighted by atomic mass is 10.1. The number of nitrogens with zero attached hydrogens (tertiary/aromatic N) is 1. The molecule has 112 valence electrons. The Labute approximate surface area is 124 Å². The Morgan fingerprint density at radius 3 is 2.40 bits per heavy atom. The van der Waals surface area contributed by atoms with Crippen molar-refractivity contribution in [1.82, 2.24) is 0 Å². The molecule has 4 nitrogen and oxygen atoms in total. The van der Waals surface area contributed by atoms with Crippen molar-refractivity contribution in [2.24, 2.45) is 0 Å².